The number of benzene rings is 1. The first-order valence-electron chi connectivity index (χ1n) is 4.33. The second kappa shape index (κ2) is 4.58. The van der Waals surface area contributed by atoms with Crippen molar-refractivity contribution in [3.63, 3.8) is 0 Å². The summed E-state index contributed by atoms with van der Waals surface area (Å²) < 4.78 is 27.9. The van der Waals surface area contributed by atoms with Gasteiger partial charge < -0.3 is 0 Å². The first kappa shape index (κ1) is 12.3. The molecule has 0 unspecified atom stereocenters. The van der Waals surface area contributed by atoms with Crippen molar-refractivity contribution in [2.75, 3.05) is 0 Å². The summed E-state index contributed by atoms with van der Waals surface area (Å²) in [6, 6.07) is 2.40. The fourth-order valence-electron chi connectivity index (χ4n) is 1.39. The molecular formula is C10H3ClF2IN3. The van der Waals surface area contributed by atoms with Crippen LogP contribution in [0.3, 0.4) is 0 Å². The number of nitrogens with zero attached hydrogens (tertiary/aromatic N) is 2. The Bertz CT molecular complexity index is 633. The number of halogens is 4. The molecule has 1 aromatic heterocycles. The molecule has 0 spiro atoms. The number of aromatic nitrogens is 2. The van der Waals surface area contributed by atoms with Gasteiger partial charge in [-0.2, -0.15) is 10.4 Å². The van der Waals surface area contributed by atoms with Crippen LogP contribution in [0.1, 0.15) is 5.56 Å². The van der Waals surface area contributed by atoms with Gasteiger partial charge in [0, 0.05) is 0 Å². The van der Waals surface area contributed by atoms with Crippen molar-refractivity contribution in [2.24, 2.45) is 0 Å². The number of H-pyrrole nitrogens is 1. The van der Waals surface area contributed by atoms with Crippen LogP contribution in [0.2, 0.25) is 5.02 Å². The predicted molar refractivity (Wildman–Crippen MR) is 66.4 cm³/mol. The van der Waals surface area contributed by atoms with E-state index in [1.54, 1.807) is 6.07 Å². The third kappa shape index (κ3) is 2.00. The average Bonchev–Trinajstić information content (AvgIpc) is 2.69. The van der Waals surface area contributed by atoms with Crippen LogP contribution in [-0.4, -0.2) is 10.2 Å². The van der Waals surface area contributed by atoms with E-state index in [2.05, 4.69) is 10.2 Å². The molecule has 86 valence electrons. The molecule has 3 nitrogen and oxygen atoms in total. The number of hydrogen-bond donors (Lipinski definition) is 1. The van der Waals surface area contributed by atoms with Crippen molar-refractivity contribution < 1.29 is 8.78 Å². The van der Waals surface area contributed by atoms with Gasteiger partial charge in [-0.3, -0.25) is 5.10 Å². The number of nitriles is 1. The molecule has 0 saturated heterocycles. The first-order valence-corrected chi connectivity index (χ1v) is 5.78. The monoisotopic (exact) mass is 365 g/mol. The Labute approximate surface area is 114 Å². The molecule has 0 amide bonds. The van der Waals surface area contributed by atoms with Crippen molar-refractivity contribution in [1.29, 1.82) is 5.26 Å². The molecule has 0 aliphatic rings. The van der Waals surface area contributed by atoms with Gasteiger partial charge >= 0.3 is 0 Å². The van der Waals surface area contributed by atoms with Gasteiger partial charge in [-0.1, -0.05) is 11.6 Å². The van der Waals surface area contributed by atoms with E-state index in [0.717, 1.165) is 6.07 Å². The SMILES string of the molecule is N#Cc1c(F)cc(Cl)c(F)c1-c1[nH]ncc1I. The van der Waals surface area contributed by atoms with E-state index in [0.29, 0.717) is 3.57 Å². The second-order valence-corrected chi connectivity index (χ2v) is 4.68. The number of aromatic amines is 1. The van der Waals surface area contributed by atoms with Crippen LogP contribution in [0, 0.1) is 26.5 Å². The Morgan fingerprint density at radius 3 is 2.71 bits per heavy atom. The second-order valence-electron chi connectivity index (χ2n) is 3.11. The lowest BCUT2D eigenvalue weighted by Crippen LogP contribution is -1.97. The number of nitrogens with one attached hydrogen (secondary N) is 1. The van der Waals surface area contributed by atoms with Gasteiger partial charge in [-0.05, 0) is 28.7 Å². The zero-order valence-corrected chi connectivity index (χ0v) is 11.0. The van der Waals surface area contributed by atoms with Gasteiger partial charge in [-0.25, -0.2) is 8.78 Å². The molecule has 1 heterocycles. The maximum atomic E-state index is 13.9. The molecule has 0 radical (unpaired) electrons. The minimum atomic E-state index is -0.862. The third-order valence-corrected chi connectivity index (χ3v) is 3.22. The minimum absolute atomic E-state index is 0.195. The number of hydrogen-bond acceptors (Lipinski definition) is 2. The Hall–Kier alpha value is -1.20. The van der Waals surface area contributed by atoms with E-state index >= 15 is 0 Å². The van der Waals surface area contributed by atoms with Gasteiger partial charge in [0.05, 0.1) is 26.0 Å². The molecule has 0 atom stereocenters. The molecule has 7 heteroatoms. The quantitative estimate of drug-likeness (QED) is 0.621. The van der Waals surface area contributed by atoms with E-state index in [1.807, 2.05) is 22.6 Å². The highest BCUT2D eigenvalue weighted by Crippen LogP contribution is 2.33. The first-order chi connectivity index (χ1) is 8.06. The minimum Gasteiger partial charge on any atom is -0.277 e. The molecule has 2 aromatic rings. The van der Waals surface area contributed by atoms with Crippen LogP contribution >= 0.6 is 34.2 Å². The third-order valence-electron chi connectivity index (χ3n) is 2.13. The molecular weight excluding hydrogens is 362 g/mol. The molecule has 0 saturated carbocycles. The summed E-state index contributed by atoms with van der Waals surface area (Å²) in [5.41, 5.74) is -0.352. The standard InChI is InChI=1S/C10H3ClF2IN3/c11-5-1-6(12)4(2-15)8(9(5)13)10-7(14)3-16-17-10/h1,3H,(H,16,17). The summed E-state index contributed by atoms with van der Waals surface area (Å²) in [5, 5.41) is 14.7. The van der Waals surface area contributed by atoms with E-state index in [-0.39, 0.29) is 16.3 Å². The van der Waals surface area contributed by atoms with E-state index in [1.165, 1.54) is 6.20 Å². The molecule has 0 bridgehead atoms. The fourth-order valence-corrected chi connectivity index (χ4v) is 2.11. The zero-order valence-electron chi connectivity index (χ0n) is 8.06. The van der Waals surface area contributed by atoms with Crippen LogP contribution in [0.15, 0.2) is 12.3 Å². The van der Waals surface area contributed by atoms with Crippen molar-refractivity contribution in [1.82, 2.24) is 10.2 Å². The highest BCUT2D eigenvalue weighted by molar-refractivity contribution is 14.1. The fraction of sp³-hybridized carbons (Fsp3) is 0. The van der Waals surface area contributed by atoms with Gasteiger partial charge in [0.25, 0.3) is 0 Å². The van der Waals surface area contributed by atoms with Crippen LogP contribution in [0.4, 0.5) is 8.78 Å². The maximum absolute atomic E-state index is 13.9. The maximum Gasteiger partial charge on any atom is 0.152 e. The molecule has 1 aromatic carbocycles. The highest BCUT2D eigenvalue weighted by Gasteiger charge is 2.21. The molecule has 0 aliphatic heterocycles. The van der Waals surface area contributed by atoms with Crippen molar-refractivity contribution in [3.05, 3.63) is 38.1 Å². The normalized spacial score (nSPS) is 10.3. The lowest BCUT2D eigenvalue weighted by Gasteiger charge is -2.06. The van der Waals surface area contributed by atoms with Gasteiger partial charge in [0.1, 0.15) is 17.4 Å². The van der Waals surface area contributed by atoms with Crippen LogP contribution in [-0.2, 0) is 0 Å². The van der Waals surface area contributed by atoms with Crippen molar-refractivity contribution >= 4 is 34.2 Å². The predicted octanol–water partition coefficient (Wildman–Crippen LogP) is 3.48. The Morgan fingerprint density at radius 2 is 2.18 bits per heavy atom. The molecule has 0 aliphatic carbocycles. The molecule has 2 rings (SSSR count). The summed E-state index contributed by atoms with van der Waals surface area (Å²) >= 11 is 7.45. The van der Waals surface area contributed by atoms with E-state index in [9.17, 15) is 8.78 Å². The largest absolute Gasteiger partial charge is 0.277 e. The Kier molecular flexibility index (Phi) is 3.31. The average molecular weight is 366 g/mol. The van der Waals surface area contributed by atoms with E-state index < -0.39 is 17.2 Å². The van der Waals surface area contributed by atoms with Gasteiger partial charge in [-0.15, -0.1) is 0 Å². The summed E-state index contributed by atoms with van der Waals surface area (Å²) in [5.74, 6) is -1.70. The van der Waals surface area contributed by atoms with Crippen LogP contribution in [0.5, 0.6) is 0 Å². The van der Waals surface area contributed by atoms with Crippen LogP contribution < -0.4 is 0 Å². The highest BCUT2D eigenvalue weighted by atomic mass is 127. The summed E-state index contributed by atoms with van der Waals surface area (Å²) in [6.07, 6.45) is 1.44. The van der Waals surface area contributed by atoms with Gasteiger partial charge in [0.2, 0.25) is 0 Å². The summed E-state index contributed by atoms with van der Waals surface area (Å²) in [6.45, 7) is 0. The van der Waals surface area contributed by atoms with E-state index in [4.69, 9.17) is 16.9 Å². The Morgan fingerprint density at radius 1 is 1.47 bits per heavy atom. The van der Waals surface area contributed by atoms with Crippen molar-refractivity contribution in [2.45, 2.75) is 0 Å². The zero-order chi connectivity index (χ0) is 12.6. The Balaban J connectivity index is 2.86. The summed E-state index contributed by atoms with van der Waals surface area (Å²) in [7, 11) is 0. The van der Waals surface area contributed by atoms with Crippen molar-refractivity contribution in [3.8, 4) is 17.3 Å². The topological polar surface area (TPSA) is 52.5 Å². The summed E-state index contributed by atoms with van der Waals surface area (Å²) in [4.78, 5) is 0. The molecule has 1 N–H and O–H groups in total. The smallest absolute Gasteiger partial charge is 0.152 e. The van der Waals surface area contributed by atoms with Crippen LogP contribution in [0.25, 0.3) is 11.3 Å². The molecule has 0 fully saturated rings. The van der Waals surface area contributed by atoms with Gasteiger partial charge in [0.15, 0.2) is 5.82 Å². The lowest BCUT2D eigenvalue weighted by molar-refractivity contribution is 0.599. The lowest BCUT2D eigenvalue weighted by atomic mass is 10.0. The number of rotatable bonds is 1. The molecule has 17 heavy (non-hydrogen) atoms.